The van der Waals surface area contributed by atoms with E-state index in [1.54, 1.807) is 24.5 Å². The van der Waals surface area contributed by atoms with Crippen molar-refractivity contribution in [3.05, 3.63) is 42.2 Å². The van der Waals surface area contributed by atoms with Crippen LogP contribution >= 0.6 is 0 Å². The fourth-order valence-electron chi connectivity index (χ4n) is 1.26. The maximum atomic E-state index is 10.9. The van der Waals surface area contributed by atoms with Crippen LogP contribution in [0, 0.1) is 0 Å². The molecular weight excluding hydrogens is 204 g/mol. The second-order valence-electron chi connectivity index (χ2n) is 3.43. The summed E-state index contributed by atoms with van der Waals surface area (Å²) in [5.74, 6) is -0.597. The molecule has 1 N–H and O–H groups in total. The smallest absolute Gasteiger partial charge is 0.339 e. The Morgan fingerprint density at radius 2 is 2.19 bits per heavy atom. The lowest BCUT2D eigenvalue weighted by Crippen LogP contribution is -1.99. The second-order valence-corrected chi connectivity index (χ2v) is 3.43. The van der Waals surface area contributed by atoms with E-state index in [9.17, 15) is 4.79 Å². The first-order valence-corrected chi connectivity index (χ1v) is 5.39. The molecule has 1 rings (SSSR count). The average Bonchev–Trinajstić information content (AvgIpc) is 2.29. The summed E-state index contributed by atoms with van der Waals surface area (Å²) in [4.78, 5) is 10.9. The van der Waals surface area contributed by atoms with Crippen molar-refractivity contribution in [2.24, 2.45) is 0 Å². The number of unbranched alkanes of at least 4 members (excludes halogenated alkanes) is 2. The number of para-hydroxylation sites is 1. The van der Waals surface area contributed by atoms with Gasteiger partial charge in [-0.1, -0.05) is 25.5 Å². The Morgan fingerprint density at radius 3 is 2.88 bits per heavy atom. The molecule has 0 atom stereocenters. The van der Waals surface area contributed by atoms with Crippen LogP contribution in [-0.2, 0) is 0 Å². The molecule has 3 nitrogen and oxygen atoms in total. The van der Waals surface area contributed by atoms with Crippen molar-refractivity contribution in [2.45, 2.75) is 26.2 Å². The van der Waals surface area contributed by atoms with Gasteiger partial charge in [0.1, 0.15) is 11.3 Å². The Kier molecular flexibility index (Phi) is 5.12. The van der Waals surface area contributed by atoms with Crippen LogP contribution in [0.2, 0.25) is 0 Å². The predicted molar refractivity (Wildman–Crippen MR) is 62.7 cm³/mol. The first-order valence-electron chi connectivity index (χ1n) is 5.39. The quantitative estimate of drug-likeness (QED) is 0.589. The molecule has 0 saturated heterocycles. The zero-order chi connectivity index (χ0) is 11.8. The highest BCUT2D eigenvalue weighted by Crippen LogP contribution is 2.17. The van der Waals surface area contributed by atoms with E-state index in [0.717, 1.165) is 19.3 Å². The van der Waals surface area contributed by atoms with Gasteiger partial charge in [-0.15, -0.1) is 0 Å². The van der Waals surface area contributed by atoms with E-state index in [0.29, 0.717) is 5.75 Å². The first-order chi connectivity index (χ1) is 7.75. The number of carboxylic acid groups (broad SMARTS) is 1. The van der Waals surface area contributed by atoms with Crippen molar-refractivity contribution < 1.29 is 14.6 Å². The van der Waals surface area contributed by atoms with Gasteiger partial charge in [0.15, 0.2) is 0 Å². The summed E-state index contributed by atoms with van der Waals surface area (Å²) < 4.78 is 5.28. The number of carbonyl (C=O) groups is 1. The molecule has 0 spiro atoms. The van der Waals surface area contributed by atoms with E-state index < -0.39 is 5.97 Å². The largest absolute Gasteiger partial charge is 0.478 e. The average molecular weight is 220 g/mol. The van der Waals surface area contributed by atoms with Crippen LogP contribution in [0.25, 0.3) is 0 Å². The highest BCUT2D eigenvalue weighted by atomic mass is 16.5. The van der Waals surface area contributed by atoms with Gasteiger partial charge in [0, 0.05) is 0 Å². The van der Waals surface area contributed by atoms with Gasteiger partial charge in [0.05, 0.1) is 6.26 Å². The Hall–Kier alpha value is -1.77. The van der Waals surface area contributed by atoms with Gasteiger partial charge in [-0.05, 0) is 31.1 Å². The SMILES string of the molecule is CCCC/C=C\Oc1ccccc1C(=O)O. The van der Waals surface area contributed by atoms with Crippen molar-refractivity contribution in [3.8, 4) is 5.75 Å². The third-order valence-corrected chi connectivity index (χ3v) is 2.13. The fraction of sp³-hybridized carbons (Fsp3) is 0.308. The third-order valence-electron chi connectivity index (χ3n) is 2.13. The van der Waals surface area contributed by atoms with E-state index in [1.165, 1.54) is 6.07 Å². The van der Waals surface area contributed by atoms with Crippen LogP contribution < -0.4 is 4.74 Å². The molecule has 86 valence electrons. The molecule has 0 aromatic heterocycles. The zero-order valence-corrected chi connectivity index (χ0v) is 9.35. The summed E-state index contributed by atoms with van der Waals surface area (Å²) in [5, 5.41) is 8.90. The van der Waals surface area contributed by atoms with Crippen LogP contribution in [0.1, 0.15) is 36.5 Å². The Morgan fingerprint density at radius 1 is 1.44 bits per heavy atom. The maximum absolute atomic E-state index is 10.9. The predicted octanol–water partition coefficient (Wildman–Crippen LogP) is 3.47. The fourth-order valence-corrected chi connectivity index (χ4v) is 1.26. The number of allylic oxidation sites excluding steroid dienone is 1. The van der Waals surface area contributed by atoms with Gasteiger partial charge in [-0.25, -0.2) is 4.79 Å². The number of hydrogen-bond donors (Lipinski definition) is 1. The van der Waals surface area contributed by atoms with Crippen LogP contribution in [0.5, 0.6) is 5.75 Å². The Labute approximate surface area is 95.4 Å². The molecule has 0 heterocycles. The summed E-state index contributed by atoms with van der Waals surface area (Å²) in [6.07, 6.45) is 6.65. The van der Waals surface area contributed by atoms with Gasteiger partial charge < -0.3 is 9.84 Å². The van der Waals surface area contributed by atoms with E-state index in [1.807, 2.05) is 6.08 Å². The maximum Gasteiger partial charge on any atom is 0.339 e. The zero-order valence-electron chi connectivity index (χ0n) is 9.35. The molecule has 0 aliphatic heterocycles. The first kappa shape index (κ1) is 12.3. The van der Waals surface area contributed by atoms with E-state index in [4.69, 9.17) is 9.84 Å². The molecule has 0 bridgehead atoms. The lowest BCUT2D eigenvalue weighted by atomic mass is 10.2. The van der Waals surface area contributed by atoms with Crippen LogP contribution in [-0.4, -0.2) is 11.1 Å². The standard InChI is InChI=1S/C13H16O3/c1-2-3-4-7-10-16-12-9-6-5-8-11(12)13(14)15/h5-10H,2-4H2,1H3,(H,14,15)/b10-7-. The molecular formula is C13H16O3. The van der Waals surface area contributed by atoms with Gasteiger partial charge >= 0.3 is 5.97 Å². The normalized spacial score (nSPS) is 10.6. The van der Waals surface area contributed by atoms with Crippen LogP contribution in [0.15, 0.2) is 36.6 Å². The number of benzene rings is 1. The van der Waals surface area contributed by atoms with Crippen molar-refractivity contribution in [1.82, 2.24) is 0 Å². The van der Waals surface area contributed by atoms with E-state index in [-0.39, 0.29) is 5.56 Å². The summed E-state index contributed by atoms with van der Waals surface area (Å²) in [7, 11) is 0. The minimum Gasteiger partial charge on any atom is -0.478 e. The minimum absolute atomic E-state index is 0.183. The molecule has 16 heavy (non-hydrogen) atoms. The van der Waals surface area contributed by atoms with Gasteiger partial charge in [-0.3, -0.25) is 0 Å². The van der Waals surface area contributed by atoms with Crippen molar-refractivity contribution in [3.63, 3.8) is 0 Å². The molecule has 1 aromatic carbocycles. The van der Waals surface area contributed by atoms with Gasteiger partial charge in [0.2, 0.25) is 0 Å². The molecule has 3 heteroatoms. The summed E-state index contributed by atoms with van der Waals surface area (Å²) >= 11 is 0. The topological polar surface area (TPSA) is 46.5 Å². The van der Waals surface area contributed by atoms with Crippen LogP contribution in [0.3, 0.4) is 0 Å². The van der Waals surface area contributed by atoms with Crippen molar-refractivity contribution in [1.29, 1.82) is 0 Å². The summed E-state index contributed by atoms with van der Waals surface area (Å²) in [6, 6.07) is 6.60. The summed E-state index contributed by atoms with van der Waals surface area (Å²) in [6.45, 7) is 2.12. The Balaban J connectivity index is 2.59. The number of rotatable bonds is 6. The van der Waals surface area contributed by atoms with Gasteiger partial charge in [-0.2, -0.15) is 0 Å². The van der Waals surface area contributed by atoms with E-state index in [2.05, 4.69) is 6.92 Å². The monoisotopic (exact) mass is 220 g/mol. The molecule has 0 aliphatic carbocycles. The lowest BCUT2D eigenvalue weighted by Gasteiger charge is -2.03. The minimum atomic E-state index is -0.974. The molecule has 1 aromatic rings. The molecule has 0 saturated carbocycles. The highest BCUT2D eigenvalue weighted by Gasteiger charge is 2.08. The van der Waals surface area contributed by atoms with E-state index >= 15 is 0 Å². The number of ether oxygens (including phenoxy) is 1. The van der Waals surface area contributed by atoms with Crippen molar-refractivity contribution in [2.75, 3.05) is 0 Å². The molecule has 0 amide bonds. The molecule has 0 radical (unpaired) electrons. The molecule has 0 unspecified atom stereocenters. The van der Waals surface area contributed by atoms with Crippen LogP contribution in [0.4, 0.5) is 0 Å². The molecule has 0 aliphatic rings. The lowest BCUT2D eigenvalue weighted by molar-refractivity contribution is 0.0694. The highest BCUT2D eigenvalue weighted by molar-refractivity contribution is 5.90. The molecule has 0 fully saturated rings. The number of carboxylic acids is 1. The second kappa shape index (κ2) is 6.67. The Bertz CT molecular complexity index is 369. The number of aromatic carboxylic acids is 1. The summed E-state index contributed by atoms with van der Waals surface area (Å²) in [5.41, 5.74) is 0.183. The van der Waals surface area contributed by atoms with Gasteiger partial charge in [0.25, 0.3) is 0 Å². The third kappa shape index (κ3) is 3.77. The van der Waals surface area contributed by atoms with Crippen molar-refractivity contribution >= 4 is 5.97 Å². The number of hydrogen-bond acceptors (Lipinski definition) is 2.